The molecule has 0 aliphatic carbocycles. The topological polar surface area (TPSA) is 114 Å². The zero-order valence-corrected chi connectivity index (χ0v) is 18.7. The van der Waals surface area contributed by atoms with Gasteiger partial charge in [0.05, 0.1) is 22.5 Å². The van der Waals surface area contributed by atoms with E-state index < -0.39 is 27.1 Å². The Balaban J connectivity index is 1.87. The minimum absolute atomic E-state index is 0.223. The number of rotatable bonds is 5. The molecule has 174 valence electrons. The van der Waals surface area contributed by atoms with E-state index in [0.29, 0.717) is 23.5 Å². The van der Waals surface area contributed by atoms with Crippen molar-refractivity contribution in [3.63, 3.8) is 0 Å². The summed E-state index contributed by atoms with van der Waals surface area (Å²) in [7, 11) is -4.48. The van der Waals surface area contributed by atoms with Crippen LogP contribution in [0.4, 0.5) is 13.2 Å². The third kappa shape index (κ3) is 4.23. The van der Waals surface area contributed by atoms with Gasteiger partial charge in [0.1, 0.15) is 17.0 Å². The van der Waals surface area contributed by atoms with Crippen molar-refractivity contribution in [2.45, 2.75) is 31.0 Å². The summed E-state index contributed by atoms with van der Waals surface area (Å²) in [6.07, 6.45) is -0.718. The van der Waals surface area contributed by atoms with Crippen molar-refractivity contribution >= 4 is 20.9 Å². The molecule has 3 heterocycles. The largest absolute Gasteiger partial charge is 0.404 e. The minimum Gasteiger partial charge on any atom is -0.275 e. The Morgan fingerprint density at radius 2 is 1.82 bits per heavy atom. The van der Waals surface area contributed by atoms with Crippen LogP contribution in [-0.2, 0) is 10.0 Å². The Labute approximate surface area is 192 Å². The molecule has 0 aliphatic heterocycles. The van der Waals surface area contributed by atoms with Gasteiger partial charge < -0.3 is 0 Å². The Morgan fingerprint density at radius 1 is 1.12 bits per heavy atom. The number of nitrogens with zero attached hydrogens (tertiary/aromatic N) is 5. The number of hydrogen-bond acceptors (Lipinski definition) is 6. The van der Waals surface area contributed by atoms with Gasteiger partial charge in [0.25, 0.3) is 0 Å². The van der Waals surface area contributed by atoms with E-state index in [-0.39, 0.29) is 17.2 Å². The van der Waals surface area contributed by atoms with Crippen LogP contribution in [0.15, 0.2) is 59.9 Å². The van der Waals surface area contributed by atoms with E-state index >= 15 is 0 Å². The van der Waals surface area contributed by atoms with E-state index in [4.69, 9.17) is 0 Å². The molecule has 0 saturated carbocycles. The van der Waals surface area contributed by atoms with E-state index in [2.05, 4.69) is 21.0 Å². The summed E-state index contributed by atoms with van der Waals surface area (Å²) in [4.78, 5) is 12.3. The average Bonchev–Trinajstić information content (AvgIpc) is 3.12. The quantitative estimate of drug-likeness (QED) is 0.458. The summed E-state index contributed by atoms with van der Waals surface area (Å²) in [6, 6.07) is 9.48. The Kier molecular flexibility index (Phi) is 5.84. The molecule has 34 heavy (non-hydrogen) atoms. The number of sulfonamides is 1. The van der Waals surface area contributed by atoms with Crippen LogP contribution in [0, 0.1) is 18.3 Å². The molecule has 0 spiro atoms. The molecular weight excluding hydrogens is 469 g/mol. The number of aryl methyl sites for hydroxylation is 1. The molecule has 0 fully saturated rings. The molecule has 4 aromatic rings. The standard InChI is InChI=1S/C22H17F3N6O2S/c1-13-4-6-16-17(11-26)20(31(19(16)10-13)21-27-8-3-9-28-21)18-7-5-15(12-29-18)34(32,33)30-14(2)22(23,24)25/h3-10,12,14,30H,1-2H3/t14-/m1/s1. The lowest BCUT2D eigenvalue weighted by molar-refractivity contribution is -0.147. The molecule has 4 rings (SSSR count). The van der Waals surface area contributed by atoms with Gasteiger partial charge in [-0.1, -0.05) is 12.1 Å². The summed E-state index contributed by atoms with van der Waals surface area (Å²) in [5.41, 5.74) is 2.40. The van der Waals surface area contributed by atoms with Gasteiger partial charge in [0, 0.05) is 24.0 Å². The SMILES string of the molecule is Cc1ccc2c(C#N)c(-c3ccc(S(=O)(=O)N[C@H](C)C(F)(F)F)cn3)n(-c3ncccn3)c2c1. The summed E-state index contributed by atoms with van der Waals surface area (Å²) in [5, 5.41) is 10.5. The summed E-state index contributed by atoms with van der Waals surface area (Å²) in [5.74, 6) is 0.272. The maximum Gasteiger partial charge on any atom is 0.404 e. The van der Waals surface area contributed by atoms with Crippen LogP contribution in [0.25, 0.3) is 28.2 Å². The number of alkyl halides is 3. The number of nitriles is 1. The lowest BCUT2D eigenvalue weighted by Crippen LogP contribution is -2.42. The van der Waals surface area contributed by atoms with Gasteiger partial charge in [-0.15, -0.1) is 0 Å². The molecule has 0 unspecified atom stereocenters. The fraction of sp³-hybridized carbons (Fsp3) is 0.182. The maximum absolute atomic E-state index is 12.8. The van der Waals surface area contributed by atoms with Crippen molar-refractivity contribution < 1.29 is 21.6 Å². The third-order valence-electron chi connectivity index (χ3n) is 5.10. The Bertz CT molecular complexity index is 1510. The first-order valence-corrected chi connectivity index (χ1v) is 11.4. The van der Waals surface area contributed by atoms with E-state index in [1.54, 1.807) is 21.4 Å². The third-order valence-corrected chi connectivity index (χ3v) is 6.63. The van der Waals surface area contributed by atoms with E-state index in [1.165, 1.54) is 18.5 Å². The first-order chi connectivity index (χ1) is 16.0. The minimum atomic E-state index is -4.74. The molecule has 0 bridgehead atoms. The second kappa shape index (κ2) is 8.51. The maximum atomic E-state index is 12.8. The summed E-state index contributed by atoms with van der Waals surface area (Å²) in [6.45, 7) is 2.60. The van der Waals surface area contributed by atoms with Gasteiger partial charge in [-0.05, 0) is 43.7 Å². The molecule has 0 radical (unpaired) electrons. The number of halogens is 3. The van der Waals surface area contributed by atoms with Crippen LogP contribution in [-0.4, -0.2) is 40.2 Å². The first kappa shape index (κ1) is 23.3. The lowest BCUT2D eigenvalue weighted by atomic mass is 10.1. The molecular formula is C22H17F3N6O2S. The second-order valence-electron chi connectivity index (χ2n) is 7.50. The zero-order valence-electron chi connectivity index (χ0n) is 17.9. The van der Waals surface area contributed by atoms with E-state index in [1.807, 2.05) is 19.1 Å². The van der Waals surface area contributed by atoms with Crippen LogP contribution in [0.3, 0.4) is 0 Å². The number of nitrogens with one attached hydrogen (secondary N) is 1. The lowest BCUT2D eigenvalue weighted by Gasteiger charge is -2.17. The van der Waals surface area contributed by atoms with Crippen molar-refractivity contribution in [2.75, 3.05) is 0 Å². The van der Waals surface area contributed by atoms with Crippen molar-refractivity contribution in [1.29, 1.82) is 5.26 Å². The highest BCUT2D eigenvalue weighted by atomic mass is 32.2. The number of fused-ring (bicyclic) bond motifs is 1. The van der Waals surface area contributed by atoms with Crippen LogP contribution in [0.2, 0.25) is 0 Å². The highest BCUT2D eigenvalue weighted by Crippen LogP contribution is 2.35. The van der Waals surface area contributed by atoms with Gasteiger partial charge in [-0.25, -0.2) is 18.4 Å². The molecule has 1 aromatic carbocycles. The second-order valence-corrected chi connectivity index (χ2v) is 9.22. The molecule has 1 atom stereocenters. The zero-order chi connectivity index (χ0) is 24.7. The van der Waals surface area contributed by atoms with Gasteiger partial charge in [0.2, 0.25) is 16.0 Å². The van der Waals surface area contributed by atoms with Crippen LogP contribution < -0.4 is 4.72 Å². The average molecular weight is 486 g/mol. The van der Waals surface area contributed by atoms with Gasteiger partial charge in [0.15, 0.2) is 0 Å². The highest BCUT2D eigenvalue weighted by molar-refractivity contribution is 7.89. The highest BCUT2D eigenvalue weighted by Gasteiger charge is 2.39. The van der Waals surface area contributed by atoms with Gasteiger partial charge in [-0.2, -0.15) is 23.2 Å². The van der Waals surface area contributed by atoms with Crippen LogP contribution in [0.1, 0.15) is 18.1 Å². The van der Waals surface area contributed by atoms with Crippen molar-refractivity contribution in [1.82, 2.24) is 24.2 Å². The first-order valence-electron chi connectivity index (χ1n) is 9.91. The van der Waals surface area contributed by atoms with Crippen molar-refractivity contribution in [3.05, 3.63) is 66.1 Å². The molecule has 0 amide bonds. The fourth-order valence-corrected chi connectivity index (χ4v) is 4.59. The predicted octanol–water partition coefficient (Wildman–Crippen LogP) is 3.89. The molecule has 1 N–H and O–H groups in total. The van der Waals surface area contributed by atoms with Crippen LogP contribution >= 0.6 is 0 Å². The summed E-state index contributed by atoms with van der Waals surface area (Å²) < 4.78 is 66.5. The van der Waals surface area contributed by atoms with Crippen molar-refractivity contribution in [3.8, 4) is 23.4 Å². The monoisotopic (exact) mass is 486 g/mol. The van der Waals surface area contributed by atoms with E-state index in [0.717, 1.165) is 17.8 Å². The Morgan fingerprint density at radius 3 is 2.41 bits per heavy atom. The Hall–Kier alpha value is -3.82. The van der Waals surface area contributed by atoms with E-state index in [9.17, 15) is 26.9 Å². The molecule has 8 nitrogen and oxygen atoms in total. The fourth-order valence-electron chi connectivity index (χ4n) is 3.42. The predicted molar refractivity (Wildman–Crippen MR) is 117 cm³/mol. The number of aromatic nitrogens is 4. The van der Waals surface area contributed by atoms with Crippen LogP contribution in [0.5, 0.6) is 0 Å². The molecule has 0 aliphatic rings. The summed E-state index contributed by atoms with van der Waals surface area (Å²) >= 11 is 0. The van der Waals surface area contributed by atoms with Crippen molar-refractivity contribution in [2.24, 2.45) is 0 Å². The molecule has 3 aromatic heterocycles. The number of pyridine rings is 1. The normalized spacial score (nSPS) is 13.1. The molecule has 12 heteroatoms. The van der Waals surface area contributed by atoms with Gasteiger partial charge in [-0.3, -0.25) is 9.55 Å². The number of benzene rings is 1. The van der Waals surface area contributed by atoms with Gasteiger partial charge >= 0.3 is 6.18 Å². The molecule has 0 saturated heterocycles. The smallest absolute Gasteiger partial charge is 0.275 e. The number of hydrogen-bond donors (Lipinski definition) is 1.